The Balaban J connectivity index is 1.39. The second-order valence-electron chi connectivity index (χ2n) is 8.64. The number of thiazole rings is 1. The summed E-state index contributed by atoms with van der Waals surface area (Å²) >= 11 is 1.63. The first-order valence-corrected chi connectivity index (χ1v) is 11.2. The van der Waals surface area contributed by atoms with E-state index < -0.39 is 0 Å². The SMILES string of the molecule is O=C(c1ocnc1C1CC1)N1CC2(CC2)c2nc[nH]c2[C@H]1c1nc2ccccc2s1. The van der Waals surface area contributed by atoms with Gasteiger partial charge in [-0.2, -0.15) is 0 Å². The molecule has 7 rings (SSSR count). The number of hydrogen-bond acceptors (Lipinski definition) is 6. The highest BCUT2D eigenvalue weighted by Gasteiger charge is 2.56. The van der Waals surface area contributed by atoms with E-state index in [1.54, 1.807) is 17.7 Å². The lowest BCUT2D eigenvalue weighted by Crippen LogP contribution is -2.45. The molecule has 1 N–H and O–H groups in total. The molecule has 3 aromatic heterocycles. The average Bonchev–Trinajstić information content (AvgIpc) is 3.56. The molecule has 2 aliphatic carbocycles. The van der Waals surface area contributed by atoms with E-state index in [9.17, 15) is 4.79 Å². The van der Waals surface area contributed by atoms with Crippen LogP contribution < -0.4 is 0 Å². The van der Waals surface area contributed by atoms with Gasteiger partial charge in [-0.25, -0.2) is 15.0 Å². The number of para-hydroxylation sites is 1. The summed E-state index contributed by atoms with van der Waals surface area (Å²) in [5.74, 6) is 0.651. The monoisotopic (exact) mass is 417 g/mol. The van der Waals surface area contributed by atoms with E-state index in [1.807, 2.05) is 23.1 Å². The Bertz CT molecular complexity index is 1260. The molecule has 8 heteroatoms. The first-order chi connectivity index (χ1) is 14.7. The zero-order valence-corrected chi connectivity index (χ0v) is 17.0. The van der Waals surface area contributed by atoms with Crippen LogP contribution in [0.5, 0.6) is 0 Å². The lowest BCUT2D eigenvalue weighted by Gasteiger charge is -2.37. The van der Waals surface area contributed by atoms with Crippen LogP contribution in [0.4, 0.5) is 0 Å². The minimum Gasteiger partial charge on any atom is -0.438 e. The number of imidazole rings is 1. The summed E-state index contributed by atoms with van der Waals surface area (Å²) < 4.78 is 6.75. The molecule has 3 aliphatic rings. The molecular weight excluding hydrogens is 398 g/mol. The van der Waals surface area contributed by atoms with E-state index >= 15 is 0 Å². The van der Waals surface area contributed by atoms with Crippen molar-refractivity contribution in [2.45, 2.75) is 43.1 Å². The number of carbonyl (C=O) groups is 1. The molecule has 0 saturated heterocycles. The van der Waals surface area contributed by atoms with Crippen LogP contribution in [-0.4, -0.2) is 37.3 Å². The molecule has 0 radical (unpaired) electrons. The minimum absolute atomic E-state index is 0.0437. The normalized spacial score (nSPS) is 21.9. The van der Waals surface area contributed by atoms with Gasteiger partial charge in [0.05, 0.1) is 33.6 Å². The molecule has 2 saturated carbocycles. The summed E-state index contributed by atoms with van der Waals surface area (Å²) in [5, 5.41) is 0.901. The van der Waals surface area contributed by atoms with E-state index in [1.165, 1.54) is 6.39 Å². The van der Waals surface area contributed by atoms with Gasteiger partial charge in [0.1, 0.15) is 11.0 Å². The van der Waals surface area contributed by atoms with Gasteiger partial charge in [0.15, 0.2) is 6.39 Å². The van der Waals surface area contributed by atoms with E-state index in [2.05, 4.69) is 21.0 Å². The van der Waals surface area contributed by atoms with Crippen molar-refractivity contribution >= 4 is 27.5 Å². The number of aromatic amines is 1. The van der Waals surface area contributed by atoms with Crippen LogP contribution in [0.25, 0.3) is 10.2 Å². The topological polar surface area (TPSA) is 87.9 Å². The van der Waals surface area contributed by atoms with Gasteiger partial charge in [-0.1, -0.05) is 12.1 Å². The van der Waals surface area contributed by atoms with Crippen LogP contribution in [0, 0.1) is 0 Å². The molecule has 1 amide bonds. The molecule has 30 heavy (non-hydrogen) atoms. The minimum atomic E-state index is -0.296. The molecule has 150 valence electrons. The number of fused-ring (bicyclic) bond motifs is 3. The highest BCUT2D eigenvalue weighted by Crippen LogP contribution is 2.55. The number of aromatic nitrogens is 4. The first-order valence-electron chi connectivity index (χ1n) is 10.4. The van der Waals surface area contributed by atoms with Crippen molar-refractivity contribution in [2.24, 2.45) is 0 Å². The molecule has 0 unspecified atom stereocenters. The fourth-order valence-corrected chi connectivity index (χ4v) is 5.87. The predicted octanol–water partition coefficient (Wildman–Crippen LogP) is 4.16. The van der Waals surface area contributed by atoms with Crippen molar-refractivity contribution in [1.82, 2.24) is 24.8 Å². The maximum Gasteiger partial charge on any atom is 0.292 e. The number of benzene rings is 1. The predicted molar refractivity (Wildman–Crippen MR) is 110 cm³/mol. The van der Waals surface area contributed by atoms with Crippen LogP contribution in [-0.2, 0) is 5.41 Å². The maximum absolute atomic E-state index is 13.8. The van der Waals surface area contributed by atoms with Gasteiger partial charge in [0.25, 0.3) is 5.91 Å². The van der Waals surface area contributed by atoms with Crippen molar-refractivity contribution in [3.8, 4) is 0 Å². The third-order valence-corrected chi connectivity index (χ3v) is 7.73. The molecular formula is C22H19N5O2S. The van der Waals surface area contributed by atoms with E-state index in [4.69, 9.17) is 9.40 Å². The first kappa shape index (κ1) is 16.8. The van der Waals surface area contributed by atoms with Gasteiger partial charge >= 0.3 is 0 Å². The Hall–Kier alpha value is -3.00. The summed E-state index contributed by atoms with van der Waals surface area (Å²) in [6, 6.07) is 7.81. The van der Waals surface area contributed by atoms with Crippen molar-refractivity contribution in [2.75, 3.05) is 6.54 Å². The summed E-state index contributed by atoms with van der Waals surface area (Å²) in [5.41, 5.74) is 3.80. The number of H-pyrrole nitrogens is 1. The van der Waals surface area contributed by atoms with Gasteiger partial charge < -0.3 is 14.3 Å². The largest absolute Gasteiger partial charge is 0.438 e. The zero-order chi connectivity index (χ0) is 19.9. The maximum atomic E-state index is 13.8. The molecule has 2 fully saturated rings. The third kappa shape index (κ3) is 2.31. The highest BCUT2D eigenvalue weighted by molar-refractivity contribution is 7.18. The zero-order valence-electron chi connectivity index (χ0n) is 16.2. The number of oxazole rings is 1. The van der Waals surface area contributed by atoms with Crippen LogP contribution in [0.15, 0.2) is 41.4 Å². The third-order valence-electron chi connectivity index (χ3n) is 6.64. The van der Waals surface area contributed by atoms with Gasteiger partial charge in [0, 0.05) is 17.9 Å². The second kappa shape index (κ2) is 5.78. The quantitative estimate of drug-likeness (QED) is 0.541. The second-order valence-corrected chi connectivity index (χ2v) is 9.70. The Morgan fingerprint density at radius 3 is 2.90 bits per heavy atom. The van der Waals surface area contributed by atoms with Crippen molar-refractivity contribution in [3.05, 3.63) is 64.8 Å². The molecule has 1 atom stereocenters. The number of rotatable bonds is 3. The number of nitrogens with zero attached hydrogens (tertiary/aromatic N) is 4. The van der Waals surface area contributed by atoms with Crippen LogP contribution in [0.2, 0.25) is 0 Å². The lowest BCUT2D eigenvalue weighted by molar-refractivity contribution is 0.0624. The van der Waals surface area contributed by atoms with Crippen molar-refractivity contribution < 1.29 is 9.21 Å². The standard InChI is InChI=1S/C22H19N5O2S/c28-21(18-15(12-5-6-12)25-11-29-18)27-9-22(7-8-22)19-16(23-10-24-19)17(27)20-26-13-3-1-2-4-14(13)30-20/h1-4,10-12,17H,5-9H2,(H,23,24)/t17-/m0/s1. The fraction of sp³-hybridized carbons (Fsp3) is 0.364. The van der Waals surface area contributed by atoms with E-state index in [-0.39, 0.29) is 17.4 Å². The fourth-order valence-electron chi connectivity index (χ4n) is 4.77. The molecule has 1 aliphatic heterocycles. The Morgan fingerprint density at radius 2 is 2.10 bits per heavy atom. The molecule has 1 spiro atoms. The van der Waals surface area contributed by atoms with Crippen molar-refractivity contribution in [3.63, 3.8) is 0 Å². The summed E-state index contributed by atoms with van der Waals surface area (Å²) in [7, 11) is 0. The Morgan fingerprint density at radius 1 is 1.23 bits per heavy atom. The molecule has 4 heterocycles. The molecule has 4 aromatic rings. The summed E-state index contributed by atoms with van der Waals surface area (Å²) in [6.07, 6.45) is 7.40. The Labute approximate surface area is 176 Å². The number of carbonyl (C=O) groups excluding carboxylic acids is 1. The van der Waals surface area contributed by atoms with Gasteiger partial charge in [0.2, 0.25) is 5.76 Å². The van der Waals surface area contributed by atoms with E-state index in [0.29, 0.717) is 18.2 Å². The highest BCUT2D eigenvalue weighted by atomic mass is 32.1. The van der Waals surface area contributed by atoms with Crippen LogP contribution in [0.1, 0.15) is 70.3 Å². The van der Waals surface area contributed by atoms with Gasteiger partial charge in [-0.3, -0.25) is 4.79 Å². The number of hydrogen-bond donors (Lipinski definition) is 1. The van der Waals surface area contributed by atoms with Crippen LogP contribution >= 0.6 is 11.3 Å². The smallest absolute Gasteiger partial charge is 0.292 e. The molecule has 1 aromatic carbocycles. The summed E-state index contributed by atoms with van der Waals surface area (Å²) in [4.78, 5) is 33.0. The summed E-state index contributed by atoms with van der Waals surface area (Å²) in [6.45, 7) is 0.634. The number of nitrogens with one attached hydrogen (secondary N) is 1. The van der Waals surface area contributed by atoms with Crippen molar-refractivity contribution in [1.29, 1.82) is 0 Å². The average molecular weight is 417 g/mol. The molecule has 0 bridgehead atoms. The molecule has 7 nitrogen and oxygen atoms in total. The van der Waals surface area contributed by atoms with Gasteiger partial charge in [-0.15, -0.1) is 11.3 Å². The van der Waals surface area contributed by atoms with E-state index in [0.717, 1.165) is 58.0 Å². The van der Waals surface area contributed by atoms with Gasteiger partial charge in [-0.05, 0) is 37.8 Å². The lowest BCUT2D eigenvalue weighted by atomic mass is 9.90. The number of amides is 1. The Kier molecular flexibility index (Phi) is 3.23. The van der Waals surface area contributed by atoms with Crippen LogP contribution in [0.3, 0.4) is 0 Å².